The molecule has 3 N–H and O–H groups in total. The van der Waals surface area contributed by atoms with Crippen molar-refractivity contribution in [1.29, 1.82) is 0 Å². The van der Waals surface area contributed by atoms with E-state index in [1.807, 2.05) is 6.07 Å². The number of halogens is 1. The quantitative estimate of drug-likeness (QED) is 0.708. The molecule has 0 fully saturated rings. The molecule has 3 aromatic rings. The molecule has 0 saturated heterocycles. The minimum Gasteiger partial charge on any atom is -0.397 e. The average Bonchev–Trinajstić information content (AvgIpc) is 2.51. The van der Waals surface area contributed by atoms with Crippen LogP contribution in [0.5, 0.6) is 0 Å². The van der Waals surface area contributed by atoms with Crippen LogP contribution in [0.1, 0.15) is 10.5 Å². The Bertz CT molecular complexity index is 818. The maximum Gasteiger partial charge on any atom is 0.274 e. The smallest absolute Gasteiger partial charge is 0.274 e. The van der Waals surface area contributed by atoms with Gasteiger partial charge in [-0.3, -0.25) is 9.78 Å². The summed E-state index contributed by atoms with van der Waals surface area (Å²) in [5, 5.41) is 3.46. The Morgan fingerprint density at radius 2 is 2.00 bits per heavy atom. The molecule has 0 saturated carbocycles. The van der Waals surface area contributed by atoms with Crippen molar-refractivity contribution in [3.05, 3.63) is 60.3 Å². The minimum atomic E-state index is -0.492. The second-order valence-electron chi connectivity index (χ2n) is 4.42. The fraction of sp³-hybridized carbons (Fsp3) is 0. The molecule has 104 valence electrons. The first kappa shape index (κ1) is 13.0. The molecule has 0 aliphatic rings. The van der Waals surface area contributed by atoms with Crippen LogP contribution in [-0.4, -0.2) is 15.9 Å². The lowest BCUT2D eigenvalue weighted by Crippen LogP contribution is -2.14. The Morgan fingerprint density at radius 1 is 1.14 bits per heavy atom. The Labute approximate surface area is 119 Å². The van der Waals surface area contributed by atoms with Crippen molar-refractivity contribution in [2.45, 2.75) is 0 Å². The van der Waals surface area contributed by atoms with Crippen LogP contribution in [0.2, 0.25) is 0 Å². The number of benzene rings is 1. The van der Waals surface area contributed by atoms with E-state index in [0.717, 1.165) is 11.6 Å². The van der Waals surface area contributed by atoms with Crippen LogP contribution >= 0.6 is 0 Å². The first-order valence-corrected chi connectivity index (χ1v) is 6.21. The number of nitrogens with two attached hydrogens (primary N) is 1. The molecular weight excluding hydrogens is 271 g/mol. The van der Waals surface area contributed by atoms with E-state index in [2.05, 4.69) is 15.3 Å². The highest BCUT2D eigenvalue weighted by molar-refractivity contribution is 6.09. The lowest BCUT2D eigenvalue weighted by Gasteiger charge is -2.09. The number of amides is 1. The van der Waals surface area contributed by atoms with Gasteiger partial charge in [0.05, 0.1) is 23.1 Å². The number of nitrogens with zero attached hydrogens (tertiary/aromatic N) is 2. The zero-order valence-corrected chi connectivity index (χ0v) is 10.9. The summed E-state index contributed by atoms with van der Waals surface area (Å²) in [6.45, 7) is 0. The van der Waals surface area contributed by atoms with Gasteiger partial charge in [-0.15, -0.1) is 0 Å². The monoisotopic (exact) mass is 282 g/mol. The standard InChI is InChI=1S/C15H11FN4O/c16-9-3-5-13(19-8-9)15(21)20-12-6-4-11(17)14-10(12)2-1-7-18-14/h1-8H,17H2,(H,20,21). The van der Waals surface area contributed by atoms with Crippen molar-refractivity contribution in [1.82, 2.24) is 9.97 Å². The van der Waals surface area contributed by atoms with Gasteiger partial charge in [-0.1, -0.05) is 0 Å². The molecule has 0 radical (unpaired) electrons. The van der Waals surface area contributed by atoms with E-state index in [4.69, 9.17) is 5.73 Å². The van der Waals surface area contributed by atoms with Gasteiger partial charge in [-0.2, -0.15) is 0 Å². The van der Waals surface area contributed by atoms with E-state index in [9.17, 15) is 9.18 Å². The van der Waals surface area contributed by atoms with Gasteiger partial charge in [-0.05, 0) is 36.4 Å². The van der Waals surface area contributed by atoms with E-state index < -0.39 is 11.7 Å². The van der Waals surface area contributed by atoms with Crippen LogP contribution in [0.15, 0.2) is 48.8 Å². The number of hydrogen-bond acceptors (Lipinski definition) is 4. The van der Waals surface area contributed by atoms with Crippen molar-refractivity contribution < 1.29 is 9.18 Å². The summed E-state index contributed by atoms with van der Waals surface area (Å²) in [4.78, 5) is 20.0. The largest absolute Gasteiger partial charge is 0.397 e. The van der Waals surface area contributed by atoms with Gasteiger partial charge in [0, 0.05) is 11.6 Å². The number of nitrogens with one attached hydrogen (secondary N) is 1. The maximum atomic E-state index is 12.8. The topological polar surface area (TPSA) is 80.9 Å². The number of hydrogen-bond donors (Lipinski definition) is 2. The minimum absolute atomic E-state index is 0.130. The van der Waals surface area contributed by atoms with Gasteiger partial charge in [0.2, 0.25) is 0 Å². The highest BCUT2D eigenvalue weighted by atomic mass is 19.1. The normalized spacial score (nSPS) is 10.5. The second kappa shape index (κ2) is 5.16. The van der Waals surface area contributed by atoms with Crippen LogP contribution in [0.4, 0.5) is 15.8 Å². The SMILES string of the molecule is Nc1ccc(NC(=O)c2ccc(F)cn2)c2cccnc12. The second-order valence-corrected chi connectivity index (χ2v) is 4.42. The highest BCUT2D eigenvalue weighted by Gasteiger charge is 2.11. The van der Waals surface area contributed by atoms with Gasteiger partial charge in [-0.25, -0.2) is 9.37 Å². The Balaban J connectivity index is 1.97. The fourth-order valence-corrected chi connectivity index (χ4v) is 2.00. The molecule has 0 atom stereocenters. The number of pyridine rings is 2. The zero-order valence-electron chi connectivity index (χ0n) is 10.9. The molecule has 0 unspecified atom stereocenters. The number of carbonyl (C=O) groups excluding carboxylic acids is 1. The number of anilines is 2. The molecule has 6 heteroatoms. The highest BCUT2D eigenvalue weighted by Crippen LogP contribution is 2.26. The Kier molecular flexibility index (Phi) is 3.19. The fourth-order valence-electron chi connectivity index (χ4n) is 2.00. The number of fused-ring (bicyclic) bond motifs is 1. The molecule has 0 aliphatic heterocycles. The van der Waals surface area contributed by atoms with Crippen molar-refractivity contribution >= 4 is 28.2 Å². The van der Waals surface area contributed by atoms with Gasteiger partial charge in [0.15, 0.2) is 0 Å². The van der Waals surface area contributed by atoms with Crippen LogP contribution in [0, 0.1) is 5.82 Å². The molecule has 1 amide bonds. The number of carbonyl (C=O) groups is 1. The average molecular weight is 282 g/mol. The Hall–Kier alpha value is -3.02. The number of nitrogen functional groups attached to an aromatic ring is 1. The van der Waals surface area contributed by atoms with Gasteiger partial charge in [0.25, 0.3) is 5.91 Å². The zero-order chi connectivity index (χ0) is 14.8. The van der Waals surface area contributed by atoms with E-state index in [1.165, 1.54) is 12.1 Å². The van der Waals surface area contributed by atoms with E-state index >= 15 is 0 Å². The summed E-state index contributed by atoms with van der Waals surface area (Å²) >= 11 is 0. The van der Waals surface area contributed by atoms with Crippen molar-refractivity contribution in [2.75, 3.05) is 11.1 Å². The molecule has 1 aromatic carbocycles. The lowest BCUT2D eigenvalue weighted by molar-refractivity contribution is 0.102. The van der Waals surface area contributed by atoms with Crippen LogP contribution < -0.4 is 11.1 Å². The van der Waals surface area contributed by atoms with Crippen LogP contribution in [-0.2, 0) is 0 Å². The molecule has 2 aromatic heterocycles. The molecular formula is C15H11FN4O. The predicted octanol–water partition coefficient (Wildman–Crippen LogP) is 2.60. The summed E-state index contributed by atoms with van der Waals surface area (Å²) in [5.74, 6) is -0.918. The van der Waals surface area contributed by atoms with Gasteiger partial charge >= 0.3 is 0 Å². The lowest BCUT2D eigenvalue weighted by atomic mass is 10.1. The summed E-state index contributed by atoms with van der Waals surface area (Å²) in [5.41, 5.74) is 7.70. The summed E-state index contributed by atoms with van der Waals surface area (Å²) in [7, 11) is 0. The van der Waals surface area contributed by atoms with Crippen molar-refractivity contribution in [2.24, 2.45) is 0 Å². The molecule has 0 bridgehead atoms. The third kappa shape index (κ3) is 2.51. The maximum absolute atomic E-state index is 12.8. The first-order valence-electron chi connectivity index (χ1n) is 6.21. The van der Waals surface area contributed by atoms with Crippen molar-refractivity contribution in [3.8, 4) is 0 Å². The molecule has 21 heavy (non-hydrogen) atoms. The van der Waals surface area contributed by atoms with E-state index in [1.54, 1.807) is 24.4 Å². The number of rotatable bonds is 2. The predicted molar refractivity (Wildman–Crippen MR) is 78.3 cm³/mol. The summed E-state index contributed by atoms with van der Waals surface area (Å²) in [6.07, 6.45) is 2.63. The van der Waals surface area contributed by atoms with Crippen molar-refractivity contribution in [3.63, 3.8) is 0 Å². The summed E-state index contributed by atoms with van der Waals surface area (Å²) < 4.78 is 12.8. The number of aromatic nitrogens is 2. The third-order valence-corrected chi connectivity index (χ3v) is 3.01. The molecule has 3 rings (SSSR count). The third-order valence-electron chi connectivity index (χ3n) is 3.01. The van der Waals surface area contributed by atoms with Gasteiger partial charge in [0.1, 0.15) is 11.5 Å². The van der Waals surface area contributed by atoms with Crippen LogP contribution in [0.25, 0.3) is 10.9 Å². The summed E-state index contributed by atoms with van der Waals surface area (Å²) in [6, 6.07) is 9.44. The van der Waals surface area contributed by atoms with E-state index in [-0.39, 0.29) is 5.69 Å². The molecule has 2 heterocycles. The molecule has 0 spiro atoms. The van der Waals surface area contributed by atoms with Gasteiger partial charge < -0.3 is 11.1 Å². The first-order chi connectivity index (χ1) is 10.1. The molecule has 5 nitrogen and oxygen atoms in total. The Morgan fingerprint density at radius 3 is 2.76 bits per heavy atom. The van der Waals surface area contributed by atoms with E-state index in [0.29, 0.717) is 16.9 Å². The molecule has 0 aliphatic carbocycles. The van der Waals surface area contributed by atoms with Crippen LogP contribution in [0.3, 0.4) is 0 Å².